The van der Waals surface area contributed by atoms with Gasteiger partial charge >= 0.3 is 0 Å². The molecule has 1 aliphatic rings. The molecule has 6 heteroatoms. The molecule has 0 radical (unpaired) electrons. The van der Waals surface area contributed by atoms with Crippen molar-refractivity contribution in [1.82, 2.24) is 14.8 Å². The van der Waals surface area contributed by atoms with E-state index in [0.29, 0.717) is 16.8 Å². The number of aryl methyl sites for hydroxylation is 1. The summed E-state index contributed by atoms with van der Waals surface area (Å²) >= 11 is 0. The van der Waals surface area contributed by atoms with E-state index in [1.165, 1.54) is 18.1 Å². The second-order valence-electron chi connectivity index (χ2n) is 8.87. The molecule has 3 aromatic rings. The Kier molecular flexibility index (Phi) is 7.06. The van der Waals surface area contributed by atoms with Gasteiger partial charge in [-0.05, 0) is 49.6 Å². The highest BCUT2D eigenvalue weighted by molar-refractivity contribution is 6.07. The van der Waals surface area contributed by atoms with Gasteiger partial charge < -0.3 is 10.3 Å². The van der Waals surface area contributed by atoms with Gasteiger partial charge in [0.15, 0.2) is 5.78 Å². The van der Waals surface area contributed by atoms with Crippen molar-refractivity contribution in [3.63, 3.8) is 0 Å². The number of nitrogens with zero attached hydrogens (tertiary/aromatic N) is 2. The van der Waals surface area contributed by atoms with Crippen molar-refractivity contribution in [1.29, 1.82) is 0 Å². The van der Waals surface area contributed by atoms with Gasteiger partial charge in [-0.15, -0.1) is 0 Å². The third kappa shape index (κ3) is 5.59. The van der Waals surface area contributed by atoms with Crippen LogP contribution in [0.4, 0.5) is 5.69 Å². The van der Waals surface area contributed by atoms with Crippen LogP contribution in [0.1, 0.15) is 50.2 Å². The fraction of sp³-hybridized carbons (Fsp3) is 0.333. The predicted octanol–water partition coefficient (Wildman–Crippen LogP) is 4.40. The lowest BCUT2D eigenvalue weighted by atomic mass is 10.1. The first-order valence-corrected chi connectivity index (χ1v) is 11.5. The van der Waals surface area contributed by atoms with Crippen molar-refractivity contribution in [3.05, 3.63) is 88.2 Å². The summed E-state index contributed by atoms with van der Waals surface area (Å²) in [6.07, 6.45) is 0. The lowest BCUT2D eigenvalue weighted by molar-refractivity contribution is 0.101. The van der Waals surface area contributed by atoms with E-state index in [1.807, 2.05) is 19.1 Å². The number of rotatable bonds is 7. The van der Waals surface area contributed by atoms with Crippen molar-refractivity contribution >= 4 is 17.4 Å². The average Bonchev–Trinajstić information content (AvgIpc) is 3.11. The molecule has 0 bridgehead atoms. The van der Waals surface area contributed by atoms with Gasteiger partial charge in [0.1, 0.15) is 5.69 Å². The SMILES string of the molecule is CC(=O)c1c(C)[nH]c(C(=O)Nc2ccc(CN3CCN(Cc4ccccc4)CC3)cc2)c1C. The zero-order chi connectivity index (χ0) is 23.4. The lowest BCUT2D eigenvalue weighted by Crippen LogP contribution is -2.45. The number of aromatic nitrogens is 1. The minimum Gasteiger partial charge on any atom is -0.354 e. The molecule has 0 atom stereocenters. The summed E-state index contributed by atoms with van der Waals surface area (Å²) < 4.78 is 0. The number of hydrogen-bond acceptors (Lipinski definition) is 4. The number of anilines is 1. The molecule has 1 aliphatic heterocycles. The molecule has 0 unspecified atom stereocenters. The summed E-state index contributed by atoms with van der Waals surface area (Å²) in [5, 5.41) is 2.94. The summed E-state index contributed by atoms with van der Waals surface area (Å²) in [5.41, 5.74) is 5.80. The Bertz CT molecular complexity index is 1110. The topological polar surface area (TPSA) is 68.4 Å². The molecule has 2 aromatic carbocycles. The number of hydrogen-bond donors (Lipinski definition) is 2. The molecule has 0 spiro atoms. The van der Waals surface area contributed by atoms with Gasteiger partial charge in [-0.2, -0.15) is 0 Å². The maximum atomic E-state index is 12.7. The van der Waals surface area contributed by atoms with Crippen molar-refractivity contribution in [2.75, 3.05) is 31.5 Å². The van der Waals surface area contributed by atoms with E-state index in [1.54, 1.807) is 6.92 Å². The van der Waals surface area contributed by atoms with Crippen LogP contribution in [0.3, 0.4) is 0 Å². The molecule has 1 amide bonds. The van der Waals surface area contributed by atoms with Gasteiger partial charge in [0.25, 0.3) is 5.91 Å². The van der Waals surface area contributed by atoms with E-state index in [0.717, 1.165) is 50.6 Å². The molecule has 2 N–H and O–H groups in total. The number of H-pyrrole nitrogens is 1. The molecular weight excluding hydrogens is 412 g/mol. The van der Waals surface area contributed by atoms with Crippen molar-refractivity contribution in [2.45, 2.75) is 33.9 Å². The number of ketones is 1. The number of amides is 1. The molecule has 1 aromatic heterocycles. The minimum absolute atomic E-state index is 0.0365. The van der Waals surface area contributed by atoms with E-state index >= 15 is 0 Å². The van der Waals surface area contributed by atoms with Gasteiger partial charge in [0, 0.05) is 56.2 Å². The monoisotopic (exact) mass is 444 g/mol. The standard InChI is InChI=1S/C27H32N4O2/c1-19-25(21(3)32)20(2)28-26(19)27(33)29-24-11-9-23(10-12-24)18-31-15-13-30(14-16-31)17-22-7-5-4-6-8-22/h4-12,28H,13-18H2,1-3H3,(H,29,33). The van der Waals surface area contributed by atoms with Gasteiger partial charge in [-0.25, -0.2) is 0 Å². The number of benzene rings is 2. The zero-order valence-corrected chi connectivity index (χ0v) is 19.6. The lowest BCUT2D eigenvalue weighted by Gasteiger charge is -2.34. The number of Topliss-reactive ketones (excluding diaryl/α,β-unsaturated/α-hetero) is 1. The molecule has 33 heavy (non-hydrogen) atoms. The number of carbonyl (C=O) groups excluding carboxylic acids is 2. The Balaban J connectivity index is 1.29. The van der Waals surface area contributed by atoms with Crippen LogP contribution in [0, 0.1) is 13.8 Å². The molecule has 172 valence electrons. The summed E-state index contributed by atoms with van der Waals surface area (Å²) in [6, 6.07) is 18.7. The maximum absolute atomic E-state index is 12.7. The Hall–Kier alpha value is -3.22. The summed E-state index contributed by atoms with van der Waals surface area (Å²) in [7, 11) is 0. The third-order valence-electron chi connectivity index (χ3n) is 6.35. The number of nitrogens with one attached hydrogen (secondary N) is 2. The summed E-state index contributed by atoms with van der Waals surface area (Å²) in [4.78, 5) is 32.6. The number of carbonyl (C=O) groups is 2. The van der Waals surface area contributed by atoms with Gasteiger partial charge in [-0.1, -0.05) is 42.5 Å². The molecular formula is C27H32N4O2. The summed E-state index contributed by atoms with van der Waals surface area (Å²) in [6.45, 7) is 11.3. The quantitative estimate of drug-likeness (QED) is 0.530. The van der Waals surface area contributed by atoms with Crippen molar-refractivity contribution < 1.29 is 9.59 Å². The van der Waals surface area contributed by atoms with Gasteiger partial charge in [0.05, 0.1) is 0 Å². The van der Waals surface area contributed by atoms with Crippen molar-refractivity contribution in [3.8, 4) is 0 Å². The first-order chi connectivity index (χ1) is 15.9. The highest BCUT2D eigenvalue weighted by Crippen LogP contribution is 2.20. The van der Waals surface area contributed by atoms with E-state index in [-0.39, 0.29) is 11.7 Å². The normalized spacial score (nSPS) is 14.9. The van der Waals surface area contributed by atoms with E-state index in [4.69, 9.17) is 0 Å². The number of piperazine rings is 1. The van der Waals surface area contributed by atoms with Crippen LogP contribution in [0.15, 0.2) is 54.6 Å². The highest BCUT2D eigenvalue weighted by atomic mass is 16.2. The molecule has 0 saturated carbocycles. The van der Waals surface area contributed by atoms with Crippen LogP contribution in [0.5, 0.6) is 0 Å². The first-order valence-electron chi connectivity index (χ1n) is 11.5. The molecule has 1 fully saturated rings. The van der Waals surface area contributed by atoms with Gasteiger partial charge in [-0.3, -0.25) is 19.4 Å². The van der Waals surface area contributed by atoms with E-state index in [9.17, 15) is 9.59 Å². The van der Waals surface area contributed by atoms with Crippen LogP contribution >= 0.6 is 0 Å². The Morgan fingerprint density at radius 3 is 1.91 bits per heavy atom. The largest absolute Gasteiger partial charge is 0.354 e. The second-order valence-corrected chi connectivity index (χ2v) is 8.87. The Morgan fingerprint density at radius 2 is 1.39 bits per heavy atom. The van der Waals surface area contributed by atoms with Crippen molar-refractivity contribution in [2.24, 2.45) is 0 Å². The third-order valence-corrected chi connectivity index (χ3v) is 6.35. The molecule has 6 nitrogen and oxygen atoms in total. The Labute approximate surface area is 195 Å². The zero-order valence-electron chi connectivity index (χ0n) is 19.6. The van der Waals surface area contributed by atoms with Gasteiger partial charge in [0.2, 0.25) is 0 Å². The first kappa shape index (κ1) is 23.0. The molecule has 2 heterocycles. The molecule has 4 rings (SSSR count). The fourth-order valence-electron chi connectivity index (χ4n) is 4.60. The second kappa shape index (κ2) is 10.1. The van der Waals surface area contributed by atoms with E-state index in [2.05, 4.69) is 62.6 Å². The highest BCUT2D eigenvalue weighted by Gasteiger charge is 2.20. The van der Waals surface area contributed by atoms with Crippen LogP contribution in [-0.4, -0.2) is 52.7 Å². The van der Waals surface area contributed by atoms with Crippen LogP contribution in [0.25, 0.3) is 0 Å². The maximum Gasteiger partial charge on any atom is 0.272 e. The average molecular weight is 445 g/mol. The van der Waals surface area contributed by atoms with Crippen LogP contribution < -0.4 is 5.32 Å². The predicted molar refractivity (Wildman–Crippen MR) is 132 cm³/mol. The fourth-order valence-corrected chi connectivity index (χ4v) is 4.60. The summed E-state index contributed by atoms with van der Waals surface area (Å²) in [5.74, 6) is -0.268. The smallest absolute Gasteiger partial charge is 0.272 e. The molecule has 0 aliphatic carbocycles. The van der Waals surface area contributed by atoms with Crippen LogP contribution in [-0.2, 0) is 13.1 Å². The number of aromatic amines is 1. The van der Waals surface area contributed by atoms with E-state index < -0.39 is 0 Å². The van der Waals surface area contributed by atoms with Crippen LogP contribution in [0.2, 0.25) is 0 Å². The Morgan fingerprint density at radius 1 is 0.848 bits per heavy atom. The minimum atomic E-state index is -0.231. The molecule has 1 saturated heterocycles.